The summed E-state index contributed by atoms with van der Waals surface area (Å²) < 4.78 is 6.72. The number of hydrogen-bond donors (Lipinski definition) is 1. The lowest BCUT2D eigenvalue weighted by Crippen LogP contribution is -2.21. The number of anilines is 1. The van der Waals surface area contributed by atoms with E-state index in [0.29, 0.717) is 31.9 Å². The van der Waals surface area contributed by atoms with Crippen molar-refractivity contribution < 1.29 is 14.3 Å². The molecule has 3 heterocycles. The second-order valence-corrected chi connectivity index (χ2v) is 10.5. The van der Waals surface area contributed by atoms with Crippen LogP contribution >= 0.6 is 34.4 Å². The van der Waals surface area contributed by atoms with Gasteiger partial charge in [0.1, 0.15) is 9.83 Å². The van der Waals surface area contributed by atoms with E-state index in [9.17, 15) is 14.4 Å². The van der Waals surface area contributed by atoms with Crippen LogP contribution in [0.5, 0.6) is 0 Å². The molecule has 3 aromatic heterocycles. The first-order valence-electron chi connectivity index (χ1n) is 10.1. The molecule has 164 valence electrons. The Labute approximate surface area is 191 Å². The van der Waals surface area contributed by atoms with Crippen molar-refractivity contribution in [2.75, 3.05) is 17.7 Å². The summed E-state index contributed by atoms with van der Waals surface area (Å²) >= 11 is 4.07. The Morgan fingerprint density at radius 3 is 3.00 bits per heavy atom. The largest absolute Gasteiger partial charge is 0.462 e. The topological polar surface area (TPSA) is 90.3 Å². The summed E-state index contributed by atoms with van der Waals surface area (Å²) in [5.74, 6) is 0.00514. The molecule has 1 atom stereocenters. The fourth-order valence-corrected chi connectivity index (χ4v) is 6.65. The van der Waals surface area contributed by atoms with Gasteiger partial charge in [0.2, 0.25) is 5.91 Å². The third-order valence-electron chi connectivity index (χ3n) is 5.24. The van der Waals surface area contributed by atoms with Crippen molar-refractivity contribution in [1.82, 2.24) is 9.55 Å². The van der Waals surface area contributed by atoms with Crippen molar-refractivity contribution in [3.8, 4) is 0 Å². The van der Waals surface area contributed by atoms with E-state index in [0.717, 1.165) is 29.7 Å². The van der Waals surface area contributed by atoms with Gasteiger partial charge in [-0.2, -0.15) is 0 Å². The lowest BCUT2D eigenvalue weighted by molar-refractivity contribution is -0.113. The first-order chi connectivity index (χ1) is 14.9. The van der Waals surface area contributed by atoms with E-state index in [1.54, 1.807) is 20.0 Å². The van der Waals surface area contributed by atoms with Crippen LogP contribution in [0.4, 0.5) is 5.00 Å². The van der Waals surface area contributed by atoms with Gasteiger partial charge in [-0.3, -0.25) is 14.2 Å². The number of ether oxygens (including phenoxy) is 1. The number of amides is 1. The van der Waals surface area contributed by atoms with Gasteiger partial charge in [0.15, 0.2) is 5.16 Å². The Balaban J connectivity index is 1.53. The normalized spacial score (nSPS) is 15.6. The number of nitrogens with zero attached hydrogens (tertiary/aromatic N) is 2. The quantitative estimate of drug-likeness (QED) is 0.327. The molecule has 0 radical (unpaired) electrons. The molecule has 1 aliphatic rings. The molecule has 1 N–H and O–H groups in total. The zero-order valence-electron chi connectivity index (χ0n) is 17.5. The van der Waals surface area contributed by atoms with Gasteiger partial charge < -0.3 is 10.1 Å². The van der Waals surface area contributed by atoms with Crippen molar-refractivity contribution in [3.63, 3.8) is 0 Å². The van der Waals surface area contributed by atoms with Crippen LogP contribution in [-0.2, 0) is 29.4 Å². The number of fused-ring (bicyclic) bond motifs is 2. The highest BCUT2D eigenvalue weighted by Crippen LogP contribution is 2.40. The summed E-state index contributed by atoms with van der Waals surface area (Å²) in [5.41, 5.74) is 1.38. The molecule has 0 fully saturated rings. The monoisotopic (exact) mass is 477 g/mol. The van der Waals surface area contributed by atoms with Gasteiger partial charge in [0.05, 0.1) is 23.3 Å². The van der Waals surface area contributed by atoms with Crippen molar-refractivity contribution in [2.24, 2.45) is 13.0 Å². The maximum Gasteiger partial charge on any atom is 0.341 e. The number of aromatic nitrogens is 2. The first kappa shape index (κ1) is 22.0. The minimum Gasteiger partial charge on any atom is -0.462 e. The van der Waals surface area contributed by atoms with E-state index in [-0.39, 0.29) is 29.8 Å². The highest BCUT2D eigenvalue weighted by Gasteiger charge is 2.29. The van der Waals surface area contributed by atoms with Gasteiger partial charge in [-0.05, 0) is 49.1 Å². The molecular weight excluding hydrogens is 454 g/mol. The lowest BCUT2D eigenvalue weighted by Gasteiger charge is -2.18. The smallest absolute Gasteiger partial charge is 0.341 e. The Kier molecular flexibility index (Phi) is 6.49. The summed E-state index contributed by atoms with van der Waals surface area (Å²) in [7, 11) is 1.65. The van der Waals surface area contributed by atoms with Crippen LogP contribution in [0.1, 0.15) is 41.1 Å². The molecule has 1 aliphatic carbocycles. The van der Waals surface area contributed by atoms with E-state index in [2.05, 4.69) is 17.2 Å². The molecule has 1 amide bonds. The van der Waals surface area contributed by atoms with Gasteiger partial charge in [0, 0.05) is 11.9 Å². The van der Waals surface area contributed by atoms with Gasteiger partial charge in [-0.15, -0.1) is 22.7 Å². The minimum absolute atomic E-state index is 0.0817. The lowest BCUT2D eigenvalue weighted by atomic mass is 9.88. The molecule has 4 rings (SSSR count). The number of carbonyl (C=O) groups excluding carboxylic acids is 2. The molecule has 31 heavy (non-hydrogen) atoms. The Morgan fingerprint density at radius 2 is 2.23 bits per heavy atom. The molecular formula is C21H23N3O4S3. The summed E-state index contributed by atoms with van der Waals surface area (Å²) in [6, 6.07) is 1.76. The molecule has 7 nitrogen and oxygen atoms in total. The molecule has 0 saturated heterocycles. The number of nitrogens with one attached hydrogen (secondary N) is 1. The van der Waals surface area contributed by atoms with Crippen molar-refractivity contribution in [1.29, 1.82) is 0 Å². The molecule has 0 bridgehead atoms. The van der Waals surface area contributed by atoms with Crippen molar-refractivity contribution in [2.45, 2.75) is 38.3 Å². The summed E-state index contributed by atoms with van der Waals surface area (Å²) in [5, 5.41) is 6.36. The second-order valence-electron chi connectivity index (χ2n) is 7.51. The predicted molar refractivity (Wildman–Crippen MR) is 126 cm³/mol. The SMILES string of the molecule is CCOC(=O)c1c(NC(=O)CSc2nc3sccc3c(=O)n2C)sc2c1CCC(C)C2. The molecule has 10 heteroatoms. The molecule has 1 unspecified atom stereocenters. The van der Waals surface area contributed by atoms with Gasteiger partial charge in [-0.25, -0.2) is 9.78 Å². The Bertz CT molecular complexity index is 1210. The van der Waals surface area contributed by atoms with Crippen LogP contribution in [0.2, 0.25) is 0 Å². The zero-order valence-corrected chi connectivity index (χ0v) is 20.0. The second kappa shape index (κ2) is 9.13. The third kappa shape index (κ3) is 4.42. The molecule has 3 aromatic rings. The van der Waals surface area contributed by atoms with E-state index in [1.165, 1.54) is 39.0 Å². The molecule has 0 aromatic carbocycles. The minimum atomic E-state index is -0.385. The van der Waals surface area contributed by atoms with Crippen LogP contribution in [0.15, 0.2) is 21.4 Å². The van der Waals surface area contributed by atoms with Gasteiger partial charge >= 0.3 is 5.97 Å². The third-order valence-corrected chi connectivity index (χ3v) is 8.25. The fraction of sp³-hybridized carbons (Fsp3) is 0.429. The van der Waals surface area contributed by atoms with E-state index in [4.69, 9.17) is 4.74 Å². The highest BCUT2D eigenvalue weighted by atomic mass is 32.2. The van der Waals surface area contributed by atoms with E-state index >= 15 is 0 Å². The predicted octanol–water partition coefficient (Wildman–Crippen LogP) is 4.09. The zero-order chi connectivity index (χ0) is 22.1. The fourth-order valence-electron chi connectivity index (χ4n) is 3.66. The number of esters is 1. The van der Waals surface area contributed by atoms with E-state index in [1.807, 2.05) is 5.38 Å². The Morgan fingerprint density at radius 1 is 1.42 bits per heavy atom. The van der Waals surface area contributed by atoms with Crippen LogP contribution in [0.3, 0.4) is 0 Å². The molecule has 0 saturated carbocycles. The average Bonchev–Trinajstić information content (AvgIpc) is 3.33. The van der Waals surface area contributed by atoms with E-state index < -0.39 is 0 Å². The highest BCUT2D eigenvalue weighted by molar-refractivity contribution is 7.99. The van der Waals surface area contributed by atoms with Crippen LogP contribution in [0.25, 0.3) is 10.2 Å². The van der Waals surface area contributed by atoms with Gasteiger partial charge in [0.25, 0.3) is 5.56 Å². The summed E-state index contributed by atoms with van der Waals surface area (Å²) in [4.78, 5) is 44.1. The molecule has 0 spiro atoms. The number of hydrogen-bond acceptors (Lipinski definition) is 8. The van der Waals surface area contributed by atoms with Crippen LogP contribution in [-0.4, -0.2) is 33.8 Å². The maximum atomic E-state index is 12.7. The summed E-state index contributed by atoms with van der Waals surface area (Å²) in [6.07, 6.45) is 2.74. The summed E-state index contributed by atoms with van der Waals surface area (Å²) in [6.45, 7) is 4.26. The van der Waals surface area contributed by atoms with Crippen molar-refractivity contribution in [3.05, 3.63) is 37.8 Å². The van der Waals surface area contributed by atoms with Gasteiger partial charge in [-0.1, -0.05) is 18.7 Å². The number of carbonyl (C=O) groups is 2. The van der Waals surface area contributed by atoms with Crippen LogP contribution < -0.4 is 10.9 Å². The number of rotatable bonds is 6. The van der Waals surface area contributed by atoms with Crippen molar-refractivity contribution >= 4 is 61.5 Å². The van der Waals surface area contributed by atoms with Crippen LogP contribution in [0, 0.1) is 5.92 Å². The number of thiophene rings is 2. The number of thioether (sulfide) groups is 1. The Hall–Kier alpha value is -2.17. The standard InChI is InChI=1S/C21H23N3O4S3/c1-4-28-20(27)16-12-6-5-11(2)9-14(12)31-18(16)22-15(25)10-30-21-23-17-13(7-8-29-17)19(26)24(21)3/h7-8,11H,4-6,9-10H2,1-3H3,(H,22,25). The first-order valence-corrected chi connectivity index (χ1v) is 12.8. The maximum absolute atomic E-state index is 12.7. The molecule has 0 aliphatic heterocycles. The average molecular weight is 478 g/mol.